The van der Waals surface area contributed by atoms with Crippen molar-refractivity contribution >= 4 is 11.8 Å². The highest BCUT2D eigenvalue weighted by Gasteiger charge is 2.26. The highest BCUT2D eigenvalue weighted by atomic mass is 32.2. The van der Waals surface area contributed by atoms with E-state index in [1.54, 1.807) is 11.8 Å². The van der Waals surface area contributed by atoms with Gasteiger partial charge in [0, 0.05) is 22.5 Å². The molecule has 0 fully saturated rings. The molecule has 0 aliphatic rings. The molecule has 3 nitrogen and oxygen atoms in total. The van der Waals surface area contributed by atoms with E-state index >= 15 is 0 Å². The smallest absolute Gasteiger partial charge is 0.0968 e. The molecule has 0 aromatic carbocycles. The SMILES string of the molecule is Cc1cc(C)nc(SC(C)CC(C)(CO)NC(C)C)c1. The van der Waals surface area contributed by atoms with E-state index < -0.39 is 0 Å². The van der Waals surface area contributed by atoms with Gasteiger partial charge in [-0.2, -0.15) is 0 Å². The first-order valence-corrected chi connectivity index (χ1v) is 8.12. The minimum absolute atomic E-state index is 0.149. The third-order valence-electron chi connectivity index (χ3n) is 3.12. The lowest BCUT2D eigenvalue weighted by Gasteiger charge is -2.33. The summed E-state index contributed by atoms with van der Waals surface area (Å²) >= 11 is 1.78. The van der Waals surface area contributed by atoms with Crippen molar-refractivity contribution in [2.45, 2.75) is 69.8 Å². The summed E-state index contributed by atoms with van der Waals surface area (Å²) in [7, 11) is 0. The maximum atomic E-state index is 9.65. The molecule has 0 aliphatic carbocycles. The number of nitrogens with one attached hydrogen (secondary N) is 1. The second-order valence-corrected chi connectivity index (χ2v) is 7.73. The highest BCUT2D eigenvalue weighted by Crippen LogP contribution is 2.28. The predicted octanol–water partition coefficient (Wildman–Crippen LogP) is 3.32. The van der Waals surface area contributed by atoms with Crippen molar-refractivity contribution in [2.24, 2.45) is 0 Å². The third kappa shape index (κ3) is 5.81. The van der Waals surface area contributed by atoms with Gasteiger partial charge in [0.25, 0.3) is 0 Å². The zero-order valence-corrected chi connectivity index (χ0v) is 14.3. The number of aliphatic hydroxyl groups is 1. The van der Waals surface area contributed by atoms with E-state index in [1.807, 2.05) is 6.92 Å². The Morgan fingerprint density at radius 3 is 2.45 bits per heavy atom. The van der Waals surface area contributed by atoms with Crippen LogP contribution in [-0.4, -0.2) is 33.5 Å². The number of hydrogen-bond acceptors (Lipinski definition) is 4. The van der Waals surface area contributed by atoms with Gasteiger partial charge in [0.15, 0.2) is 0 Å². The van der Waals surface area contributed by atoms with Crippen molar-refractivity contribution in [3.05, 3.63) is 23.4 Å². The van der Waals surface area contributed by atoms with Crippen LogP contribution in [0.25, 0.3) is 0 Å². The van der Waals surface area contributed by atoms with E-state index in [2.05, 4.69) is 57.1 Å². The first-order valence-electron chi connectivity index (χ1n) is 7.24. The van der Waals surface area contributed by atoms with Gasteiger partial charge in [-0.1, -0.05) is 20.8 Å². The number of rotatable bonds is 7. The average molecular weight is 296 g/mol. The molecule has 0 saturated heterocycles. The van der Waals surface area contributed by atoms with Gasteiger partial charge in [0.2, 0.25) is 0 Å². The summed E-state index contributed by atoms with van der Waals surface area (Å²) in [6, 6.07) is 4.58. The quantitative estimate of drug-likeness (QED) is 0.758. The lowest BCUT2D eigenvalue weighted by molar-refractivity contribution is 0.157. The Morgan fingerprint density at radius 2 is 1.95 bits per heavy atom. The minimum Gasteiger partial charge on any atom is -0.394 e. The molecule has 0 radical (unpaired) electrons. The molecule has 1 aromatic rings. The fourth-order valence-corrected chi connectivity index (χ4v) is 3.93. The molecular weight excluding hydrogens is 268 g/mol. The van der Waals surface area contributed by atoms with E-state index in [0.717, 1.165) is 17.1 Å². The van der Waals surface area contributed by atoms with Crippen LogP contribution in [-0.2, 0) is 0 Å². The van der Waals surface area contributed by atoms with Crippen molar-refractivity contribution in [1.29, 1.82) is 0 Å². The molecule has 2 unspecified atom stereocenters. The molecule has 4 heteroatoms. The van der Waals surface area contributed by atoms with Crippen molar-refractivity contribution in [2.75, 3.05) is 6.61 Å². The van der Waals surface area contributed by atoms with Crippen LogP contribution in [0.2, 0.25) is 0 Å². The summed E-state index contributed by atoms with van der Waals surface area (Å²) in [5, 5.41) is 14.6. The lowest BCUT2D eigenvalue weighted by atomic mass is 9.96. The fraction of sp³-hybridized carbons (Fsp3) is 0.688. The van der Waals surface area contributed by atoms with E-state index in [9.17, 15) is 5.11 Å². The molecule has 0 aliphatic heterocycles. The van der Waals surface area contributed by atoms with E-state index in [4.69, 9.17) is 0 Å². The van der Waals surface area contributed by atoms with Crippen molar-refractivity contribution in [1.82, 2.24) is 10.3 Å². The van der Waals surface area contributed by atoms with Gasteiger partial charge in [-0.05, 0) is 44.9 Å². The second kappa shape index (κ2) is 7.43. The third-order valence-corrected chi connectivity index (χ3v) is 4.14. The minimum atomic E-state index is -0.237. The van der Waals surface area contributed by atoms with Gasteiger partial charge in [-0.25, -0.2) is 4.98 Å². The average Bonchev–Trinajstić information content (AvgIpc) is 2.25. The summed E-state index contributed by atoms with van der Waals surface area (Å²) in [5.74, 6) is 0. The predicted molar refractivity (Wildman–Crippen MR) is 87.4 cm³/mol. The summed E-state index contributed by atoms with van der Waals surface area (Å²) < 4.78 is 0. The Balaban J connectivity index is 2.68. The number of pyridine rings is 1. The van der Waals surface area contributed by atoms with Crippen molar-refractivity contribution < 1.29 is 5.11 Å². The summed E-state index contributed by atoms with van der Waals surface area (Å²) in [4.78, 5) is 4.57. The maximum absolute atomic E-state index is 9.65. The standard InChI is InChI=1S/C16H28N2OS/c1-11(2)18-16(6,10-19)9-14(5)20-15-8-12(3)7-13(4)17-15/h7-8,11,14,18-19H,9-10H2,1-6H3. The van der Waals surface area contributed by atoms with Gasteiger partial charge in [0.05, 0.1) is 11.6 Å². The lowest BCUT2D eigenvalue weighted by Crippen LogP contribution is -2.50. The van der Waals surface area contributed by atoms with Crippen LogP contribution in [0.15, 0.2) is 17.2 Å². The monoisotopic (exact) mass is 296 g/mol. The molecule has 20 heavy (non-hydrogen) atoms. The topological polar surface area (TPSA) is 45.2 Å². The van der Waals surface area contributed by atoms with Gasteiger partial charge in [-0.15, -0.1) is 11.8 Å². The van der Waals surface area contributed by atoms with E-state index in [1.165, 1.54) is 5.56 Å². The number of aromatic nitrogens is 1. The Morgan fingerprint density at radius 1 is 1.30 bits per heavy atom. The van der Waals surface area contributed by atoms with E-state index in [0.29, 0.717) is 11.3 Å². The van der Waals surface area contributed by atoms with Crippen LogP contribution in [0.3, 0.4) is 0 Å². The van der Waals surface area contributed by atoms with Crippen molar-refractivity contribution in [3.8, 4) is 0 Å². The van der Waals surface area contributed by atoms with Crippen LogP contribution in [0.5, 0.6) is 0 Å². The Bertz CT molecular complexity index is 416. The van der Waals surface area contributed by atoms with Gasteiger partial charge >= 0.3 is 0 Å². The normalized spacial score (nSPS) is 16.2. The molecule has 1 rings (SSSR count). The van der Waals surface area contributed by atoms with Crippen LogP contribution in [0.1, 0.15) is 45.4 Å². The number of hydrogen-bond donors (Lipinski definition) is 2. The van der Waals surface area contributed by atoms with Crippen molar-refractivity contribution in [3.63, 3.8) is 0 Å². The number of aryl methyl sites for hydroxylation is 2. The molecule has 1 aromatic heterocycles. The zero-order valence-electron chi connectivity index (χ0n) is 13.5. The van der Waals surface area contributed by atoms with Gasteiger partial charge < -0.3 is 10.4 Å². The highest BCUT2D eigenvalue weighted by molar-refractivity contribution is 7.99. The van der Waals surface area contributed by atoms with Crippen LogP contribution < -0.4 is 5.32 Å². The first-order chi connectivity index (χ1) is 9.24. The zero-order chi connectivity index (χ0) is 15.3. The molecular formula is C16H28N2OS. The molecule has 1 heterocycles. The van der Waals surface area contributed by atoms with Crippen LogP contribution in [0, 0.1) is 13.8 Å². The molecule has 2 N–H and O–H groups in total. The van der Waals surface area contributed by atoms with Gasteiger partial charge in [-0.3, -0.25) is 0 Å². The summed E-state index contributed by atoms with van der Waals surface area (Å²) in [6.45, 7) is 12.8. The Labute approximate surface area is 127 Å². The molecule has 0 bridgehead atoms. The number of nitrogens with zero attached hydrogens (tertiary/aromatic N) is 1. The maximum Gasteiger partial charge on any atom is 0.0968 e. The Kier molecular flexibility index (Phi) is 6.49. The largest absolute Gasteiger partial charge is 0.394 e. The fourth-order valence-electron chi connectivity index (χ4n) is 2.61. The first kappa shape index (κ1) is 17.5. The van der Waals surface area contributed by atoms with Gasteiger partial charge in [0.1, 0.15) is 0 Å². The molecule has 0 saturated carbocycles. The molecule has 2 atom stereocenters. The van der Waals surface area contributed by atoms with Crippen LogP contribution >= 0.6 is 11.8 Å². The molecule has 0 amide bonds. The number of aliphatic hydroxyl groups excluding tert-OH is 1. The molecule has 114 valence electrons. The second-order valence-electron chi connectivity index (χ2n) is 6.27. The Hall–Kier alpha value is -0.580. The van der Waals surface area contributed by atoms with E-state index in [-0.39, 0.29) is 12.1 Å². The number of thioether (sulfide) groups is 1. The molecule has 0 spiro atoms. The summed E-state index contributed by atoms with van der Waals surface area (Å²) in [5.41, 5.74) is 2.07. The summed E-state index contributed by atoms with van der Waals surface area (Å²) in [6.07, 6.45) is 0.904. The van der Waals surface area contributed by atoms with Crippen LogP contribution in [0.4, 0.5) is 0 Å².